The molecule has 2 fully saturated rings. The lowest BCUT2D eigenvalue weighted by molar-refractivity contribution is 0.589. The molecule has 2 aromatic heterocycles. The number of nitrogens with zero attached hydrogens (tertiary/aromatic N) is 4. The maximum atomic E-state index is 4.76. The van der Waals surface area contributed by atoms with Crippen LogP contribution in [0.1, 0.15) is 37.4 Å². The zero-order chi connectivity index (χ0) is 13.4. The van der Waals surface area contributed by atoms with Crippen LogP contribution in [0.3, 0.4) is 0 Å². The lowest BCUT2D eigenvalue weighted by atomic mass is 10.1. The van der Waals surface area contributed by atoms with Crippen LogP contribution in [0.25, 0.3) is 5.65 Å². The van der Waals surface area contributed by atoms with Crippen molar-refractivity contribution in [3.8, 4) is 0 Å². The van der Waals surface area contributed by atoms with Crippen molar-refractivity contribution in [2.75, 3.05) is 31.1 Å². The number of aromatic nitrogens is 3. The van der Waals surface area contributed by atoms with Gasteiger partial charge in [-0.1, -0.05) is 12.8 Å². The minimum Gasteiger partial charge on any atom is -0.369 e. The highest BCUT2D eigenvalue weighted by molar-refractivity contribution is 5.56. The summed E-state index contributed by atoms with van der Waals surface area (Å²) in [5.41, 5.74) is 2.26. The quantitative estimate of drug-likeness (QED) is 0.904. The molecule has 106 valence electrons. The van der Waals surface area contributed by atoms with E-state index in [0.717, 1.165) is 37.7 Å². The number of rotatable bonds is 2. The Morgan fingerprint density at radius 1 is 1.15 bits per heavy atom. The van der Waals surface area contributed by atoms with Crippen molar-refractivity contribution in [3.63, 3.8) is 0 Å². The lowest BCUT2D eigenvalue weighted by Crippen LogP contribution is -2.43. The van der Waals surface area contributed by atoms with Crippen LogP contribution < -0.4 is 10.2 Å². The van der Waals surface area contributed by atoms with Gasteiger partial charge in [-0.2, -0.15) is 5.10 Å². The van der Waals surface area contributed by atoms with E-state index < -0.39 is 0 Å². The molecule has 0 amide bonds. The van der Waals surface area contributed by atoms with E-state index in [0.29, 0.717) is 5.92 Å². The van der Waals surface area contributed by atoms with Crippen molar-refractivity contribution in [1.29, 1.82) is 0 Å². The summed E-state index contributed by atoms with van der Waals surface area (Å²) in [6.07, 6.45) is 7.21. The minimum atomic E-state index is 0.581. The maximum absolute atomic E-state index is 4.76. The summed E-state index contributed by atoms with van der Waals surface area (Å²) < 4.78 is 1.93. The summed E-state index contributed by atoms with van der Waals surface area (Å²) in [5.74, 6) is 1.62. The Morgan fingerprint density at radius 3 is 2.75 bits per heavy atom. The predicted molar refractivity (Wildman–Crippen MR) is 79.3 cm³/mol. The number of hydrogen-bond acceptors (Lipinski definition) is 4. The van der Waals surface area contributed by atoms with Crippen molar-refractivity contribution in [2.24, 2.45) is 0 Å². The monoisotopic (exact) mass is 271 g/mol. The second kappa shape index (κ2) is 5.05. The van der Waals surface area contributed by atoms with Crippen LogP contribution in [0, 0.1) is 0 Å². The van der Waals surface area contributed by atoms with Gasteiger partial charge in [-0.15, -0.1) is 0 Å². The Bertz CT molecular complexity index is 593. The molecule has 1 aliphatic heterocycles. The van der Waals surface area contributed by atoms with Crippen molar-refractivity contribution in [1.82, 2.24) is 19.9 Å². The van der Waals surface area contributed by atoms with Gasteiger partial charge >= 0.3 is 0 Å². The standard InChI is InChI=1S/C15H21N5/c1-2-4-12(3-1)15-17-14-11-13(5-8-20(14)18-15)19-9-6-16-7-10-19/h5,8,11-12,16H,1-4,6-7,9-10H2. The molecule has 0 unspecified atom stereocenters. The Hall–Kier alpha value is -1.62. The molecule has 1 N–H and O–H groups in total. The Balaban J connectivity index is 1.64. The molecule has 4 rings (SSSR count). The first-order chi connectivity index (χ1) is 9.90. The van der Waals surface area contributed by atoms with Gasteiger partial charge in [0.1, 0.15) is 0 Å². The van der Waals surface area contributed by atoms with E-state index in [4.69, 9.17) is 4.98 Å². The number of nitrogens with one attached hydrogen (secondary N) is 1. The topological polar surface area (TPSA) is 45.5 Å². The average Bonchev–Trinajstić information content (AvgIpc) is 3.16. The summed E-state index contributed by atoms with van der Waals surface area (Å²) >= 11 is 0. The molecule has 1 saturated carbocycles. The van der Waals surface area contributed by atoms with Gasteiger partial charge in [0, 0.05) is 50.0 Å². The second-order valence-electron chi connectivity index (χ2n) is 5.88. The van der Waals surface area contributed by atoms with Crippen LogP contribution in [0.4, 0.5) is 5.69 Å². The molecular formula is C15H21N5. The van der Waals surface area contributed by atoms with Crippen molar-refractivity contribution < 1.29 is 0 Å². The summed E-state index contributed by atoms with van der Waals surface area (Å²) in [6, 6.07) is 4.34. The zero-order valence-corrected chi connectivity index (χ0v) is 11.8. The van der Waals surface area contributed by atoms with Crippen LogP contribution in [0.2, 0.25) is 0 Å². The molecule has 0 radical (unpaired) electrons. The van der Waals surface area contributed by atoms with Gasteiger partial charge in [0.05, 0.1) is 0 Å². The normalized spacial score (nSPS) is 20.9. The van der Waals surface area contributed by atoms with E-state index in [1.165, 1.54) is 31.4 Å². The predicted octanol–water partition coefficient (Wildman–Crippen LogP) is 1.80. The van der Waals surface area contributed by atoms with Gasteiger partial charge in [0.2, 0.25) is 0 Å². The van der Waals surface area contributed by atoms with E-state index in [1.54, 1.807) is 0 Å². The fourth-order valence-electron chi connectivity index (χ4n) is 3.36. The Kier molecular flexibility index (Phi) is 3.07. The number of hydrogen-bond donors (Lipinski definition) is 1. The van der Waals surface area contributed by atoms with Gasteiger partial charge in [-0.05, 0) is 18.9 Å². The van der Waals surface area contributed by atoms with E-state index in [-0.39, 0.29) is 0 Å². The van der Waals surface area contributed by atoms with Crippen LogP contribution in [0.5, 0.6) is 0 Å². The maximum Gasteiger partial charge on any atom is 0.157 e. The summed E-state index contributed by atoms with van der Waals surface area (Å²) in [7, 11) is 0. The molecule has 2 aliphatic rings. The third kappa shape index (κ3) is 2.16. The first-order valence-corrected chi connectivity index (χ1v) is 7.72. The van der Waals surface area contributed by atoms with Gasteiger partial charge in [-0.25, -0.2) is 9.50 Å². The van der Waals surface area contributed by atoms with Gasteiger partial charge in [0.25, 0.3) is 0 Å². The van der Waals surface area contributed by atoms with Crippen molar-refractivity contribution in [2.45, 2.75) is 31.6 Å². The average molecular weight is 271 g/mol. The summed E-state index contributed by atoms with van der Waals surface area (Å²) in [5, 5.41) is 8.04. The number of fused-ring (bicyclic) bond motifs is 1. The first-order valence-electron chi connectivity index (χ1n) is 7.72. The van der Waals surface area contributed by atoms with Gasteiger partial charge in [0.15, 0.2) is 11.5 Å². The van der Waals surface area contributed by atoms with Gasteiger partial charge in [-0.3, -0.25) is 0 Å². The first kappa shape index (κ1) is 12.1. The number of pyridine rings is 1. The van der Waals surface area contributed by atoms with Crippen LogP contribution in [-0.2, 0) is 0 Å². The fraction of sp³-hybridized carbons (Fsp3) is 0.600. The lowest BCUT2D eigenvalue weighted by Gasteiger charge is -2.29. The molecule has 5 heteroatoms. The molecule has 1 saturated heterocycles. The molecule has 3 heterocycles. The molecule has 2 aromatic rings. The zero-order valence-electron chi connectivity index (χ0n) is 11.8. The Morgan fingerprint density at radius 2 is 1.95 bits per heavy atom. The fourth-order valence-corrected chi connectivity index (χ4v) is 3.36. The summed E-state index contributed by atoms with van der Waals surface area (Å²) in [6.45, 7) is 4.26. The molecule has 0 spiro atoms. The highest BCUT2D eigenvalue weighted by Gasteiger charge is 2.21. The molecular weight excluding hydrogens is 250 g/mol. The molecule has 0 bridgehead atoms. The highest BCUT2D eigenvalue weighted by Crippen LogP contribution is 2.32. The molecule has 0 atom stereocenters. The molecule has 20 heavy (non-hydrogen) atoms. The summed E-state index contributed by atoms with van der Waals surface area (Å²) in [4.78, 5) is 7.18. The number of anilines is 1. The molecule has 1 aliphatic carbocycles. The molecule has 0 aromatic carbocycles. The smallest absolute Gasteiger partial charge is 0.157 e. The highest BCUT2D eigenvalue weighted by atomic mass is 15.3. The minimum absolute atomic E-state index is 0.581. The molecule has 5 nitrogen and oxygen atoms in total. The Labute approximate surface area is 119 Å². The van der Waals surface area contributed by atoms with Crippen LogP contribution >= 0.6 is 0 Å². The van der Waals surface area contributed by atoms with Crippen molar-refractivity contribution >= 4 is 11.3 Å². The van der Waals surface area contributed by atoms with Crippen LogP contribution in [-0.4, -0.2) is 40.8 Å². The SMILES string of the molecule is c1cn2nc(C3CCCC3)nc2cc1N1CCNCC1. The van der Waals surface area contributed by atoms with E-state index >= 15 is 0 Å². The second-order valence-corrected chi connectivity index (χ2v) is 5.88. The van der Waals surface area contributed by atoms with Gasteiger partial charge < -0.3 is 10.2 Å². The van der Waals surface area contributed by atoms with Crippen molar-refractivity contribution in [3.05, 3.63) is 24.2 Å². The van der Waals surface area contributed by atoms with Crippen LogP contribution in [0.15, 0.2) is 18.3 Å². The third-order valence-electron chi connectivity index (χ3n) is 4.54. The number of piperazine rings is 1. The van der Waals surface area contributed by atoms with E-state index in [1.807, 2.05) is 4.52 Å². The van der Waals surface area contributed by atoms with E-state index in [2.05, 4.69) is 33.6 Å². The largest absolute Gasteiger partial charge is 0.369 e. The van der Waals surface area contributed by atoms with E-state index in [9.17, 15) is 0 Å². The third-order valence-corrected chi connectivity index (χ3v) is 4.54.